The van der Waals surface area contributed by atoms with Gasteiger partial charge in [-0.15, -0.1) is 5.92 Å². The first-order valence-corrected chi connectivity index (χ1v) is 12.1. The number of benzene rings is 1. The highest BCUT2D eigenvalue weighted by Gasteiger charge is 2.62. The van der Waals surface area contributed by atoms with Crippen LogP contribution >= 0.6 is 0 Å². The summed E-state index contributed by atoms with van der Waals surface area (Å²) in [6.45, 7) is 4.40. The number of aliphatic hydroxyl groups is 2. The Balaban J connectivity index is 1.53. The Bertz CT molecular complexity index is 1090. The summed E-state index contributed by atoms with van der Waals surface area (Å²) in [5, 5.41) is 22.0. The van der Waals surface area contributed by atoms with Crippen molar-refractivity contribution < 1.29 is 19.7 Å². The van der Waals surface area contributed by atoms with Crippen LogP contribution in [0.25, 0.3) is 0 Å². The molecular weight excluding hydrogens is 400 g/mol. The lowest BCUT2D eigenvalue weighted by Crippen LogP contribution is -2.51. The van der Waals surface area contributed by atoms with Crippen LogP contribution in [0.5, 0.6) is 11.5 Å². The molecule has 6 atom stereocenters. The molecule has 0 saturated heterocycles. The minimum atomic E-state index is -0.934. The maximum absolute atomic E-state index is 11.7. The van der Waals surface area contributed by atoms with Crippen LogP contribution in [-0.2, 0) is 0 Å². The van der Waals surface area contributed by atoms with Gasteiger partial charge in [0.25, 0.3) is 0 Å². The van der Waals surface area contributed by atoms with Crippen LogP contribution in [-0.4, -0.2) is 28.7 Å². The Morgan fingerprint density at radius 1 is 1.09 bits per heavy atom. The smallest absolute Gasteiger partial charge is 0.231 e. The molecule has 0 bridgehead atoms. The molecule has 1 aromatic rings. The number of ether oxygens (including phenoxy) is 2. The van der Waals surface area contributed by atoms with Gasteiger partial charge in [0, 0.05) is 11.3 Å². The van der Waals surface area contributed by atoms with Crippen LogP contribution in [0, 0.1) is 29.1 Å². The summed E-state index contributed by atoms with van der Waals surface area (Å²) in [5.74, 6) is 9.00. The lowest BCUT2D eigenvalue weighted by molar-refractivity contribution is -0.0514. The number of aliphatic hydroxyl groups excluding tert-OH is 1. The zero-order valence-electron chi connectivity index (χ0n) is 19.0. The first kappa shape index (κ1) is 20.4. The van der Waals surface area contributed by atoms with Gasteiger partial charge in [-0.3, -0.25) is 0 Å². The van der Waals surface area contributed by atoms with Gasteiger partial charge in [-0.1, -0.05) is 30.6 Å². The molecule has 4 nitrogen and oxygen atoms in total. The van der Waals surface area contributed by atoms with Gasteiger partial charge in [-0.2, -0.15) is 0 Å². The number of rotatable bonds is 1. The number of fused-ring (bicyclic) bond motifs is 5. The van der Waals surface area contributed by atoms with E-state index in [-0.39, 0.29) is 24.2 Å². The standard InChI is InChI=1S/C28H32O4/c1-3-11-28(30)12-10-23-21-7-4-17-13-19(29)6-8-20(17)26(21)22(15-27(23,28)2)18-5-9-24-25(14-18)32-16-31-24/h5,9,13-14,19,21-23,29-30H,4,6-8,10,12,15-16H2,1-2H3/t19?,21-,22+,23-,27-,28-/m0/s1. The summed E-state index contributed by atoms with van der Waals surface area (Å²) in [6, 6.07) is 6.36. The van der Waals surface area contributed by atoms with Gasteiger partial charge in [0.05, 0.1) is 6.10 Å². The third-order valence-electron chi connectivity index (χ3n) is 9.14. The lowest BCUT2D eigenvalue weighted by atomic mass is 9.51. The molecule has 5 aliphatic rings. The molecule has 2 N–H and O–H groups in total. The quantitative estimate of drug-likeness (QED) is 0.622. The predicted octanol–water partition coefficient (Wildman–Crippen LogP) is 4.86. The topological polar surface area (TPSA) is 58.9 Å². The highest BCUT2D eigenvalue weighted by atomic mass is 16.7. The van der Waals surface area contributed by atoms with Gasteiger partial charge >= 0.3 is 0 Å². The highest BCUT2D eigenvalue weighted by molar-refractivity contribution is 5.52. The van der Waals surface area contributed by atoms with Gasteiger partial charge in [0.2, 0.25) is 6.79 Å². The molecule has 1 aliphatic heterocycles. The van der Waals surface area contributed by atoms with E-state index in [2.05, 4.69) is 37.0 Å². The van der Waals surface area contributed by atoms with E-state index < -0.39 is 5.60 Å². The molecule has 1 heterocycles. The normalized spacial score (nSPS) is 39.4. The van der Waals surface area contributed by atoms with Crippen molar-refractivity contribution in [1.29, 1.82) is 0 Å². The second kappa shape index (κ2) is 7.14. The average Bonchev–Trinajstić information content (AvgIpc) is 3.35. The minimum Gasteiger partial charge on any atom is -0.454 e. The molecular formula is C28H32O4. The number of allylic oxidation sites excluding steroid dienone is 3. The summed E-state index contributed by atoms with van der Waals surface area (Å²) in [5.41, 5.74) is 4.45. The molecule has 0 aromatic heterocycles. The molecule has 6 rings (SSSR count). The van der Waals surface area contributed by atoms with Crippen LogP contribution in [0.4, 0.5) is 0 Å². The Labute approximate surface area is 190 Å². The van der Waals surface area contributed by atoms with E-state index in [1.165, 1.54) is 16.7 Å². The Hall–Kier alpha value is -2.22. The fourth-order valence-electron chi connectivity index (χ4n) is 7.62. The zero-order chi connectivity index (χ0) is 22.1. The van der Waals surface area contributed by atoms with E-state index in [4.69, 9.17) is 9.47 Å². The average molecular weight is 433 g/mol. The molecule has 2 saturated carbocycles. The molecule has 4 heteroatoms. The van der Waals surface area contributed by atoms with E-state index >= 15 is 0 Å². The van der Waals surface area contributed by atoms with E-state index in [1.807, 2.05) is 13.0 Å². The van der Waals surface area contributed by atoms with E-state index in [1.54, 1.807) is 5.57 Å². The van der Waals surface area contributed by atoms with E-state index in [9.17, 15) is 10.2 Å². The lowest BCUT2D eigenvalue weighted by Gasteiger charge is -2.54. The summed E-state index contributed by atoms with van der Waals surface area (Å²) < 4.78 is 11.3. The van der Waals surface area contributed by atoms with Crippen molar-refractivity contribution in [2.45, 2.75) is 76.4 Å². The Morgan fingerprint density at radius 2 is 1.94 bits per heavy atom. The zero-order valence-corrected chi connectivity index (χ0v) is 19.0. The largest absolute Gasteiger partial charge is 0.454 e. The number of hydrogen-bond acceptors (Lipinski definition) is 4. The third-order valence-corrected chi connectivity index (χ3v) is 9.14. The molecule has 0 spiro atoms. The number of hydrogen-bond donors (Lipinski definition) is 2. The van der Waals surface area contributed by atoms with Crippen molar-refractivity contribution in [3.05, 3.63) is 46.6 Å². The van der Waals surface area contributed by atoms with Crippen molar-refractivity contribution in [1.82, 2.24) is 0 Å². The van der Waals surface area contributed by atoms with Crippen molar-refractivity contribution in [2.75, 3.05) is 6.79 Å². The molecule has 32 heavy (non-hydrogen) atoms. The summed E-state index contributed by atoms with van der Waals surface area (Å²) in [7, 11) is 0. The van der Waals surface area contributed by atoms with Crippen LogP contribution in [0.2, 0.25) is 0 Å². The molecule has 1 unspecified atom stereocenters. The van der Waals surface area contributed by atoms with Crippen LogP contribution in [0.15, 0.2) is 41.0 Å². The molecule has 168 valence electrons. The van der Waals surface area contributed by atoms with Gasteiger partial charge in [-0.05, 0) is 92.5 Å². The Morgan fingerprint density at radius 3 is 2.78 bits per heavy atom. The van der Waals surface area contributed by atoms with Crippen molar-refractivity contribution in [2.24, 2.45) is 17.3 Å². The second-order valence-electron chi connectivity index (χ2n) is 10.5. The fraction of sp³-hybridized carbons (Fsp3) is 0.571. The van der Waals surface area contributed by atoms with Gasteiger partial charge in [0.15, 0.2) is 11.5 Å². The first-order valence-electron chi connectivity index (χ1n) is 12.1. The van der Waals surface area contributed by atoms with Crippen LogP contribution in [0.1, 0.15) is 70.3 Å². The second-order valence-corrected chi connectivity index (χ2v) is 10.5. The van der Waals surface area contributed by atoms with E-state index in [0.717, 1.165) is 56.4 Å². The summed E-state index contributed by atoms with van der Waals surface area (Å²) in [6.07, 6.45) is 8.31. The van der Waals surface area contributed by atoms with Crippen LogP contribution < -0.4 is 9.47 Å². The Kier molecular flexibility index (Phi) is 4.55. The van der Waals surface area contributed by atoms with Gasteiger partial charge < -0.3 is 19.7 Å². The summed E-state index contributed by atoms with van der Waals surface area (Å²) >= 11 is 0. The third kappa shape index (κ3) is 2.77. The molecule has 0 amide bonds. The first-order chi connectivity index (χ1) is 15.4. The van der Waals surface area contributed by atoms with E-state index in [0.29, 0.717) is 11.8 Å². The van der Waals surface area contributed by atoms with Crippen molar-refractivity contribution in [3.8, 4) is 23.3 Å². The van der Waals surface area contributed by atoms with Crippen molar-refractivity contribution >= 4 is 0 Å². The van der Waals surface area contributed by atoms with Crippen LogP contribution in [0.3, 0.4) is 0 Å². The molecule has 2 fully saturated rings. The molecule has 4 aliphatic carbocycles. The fourth-order valence-corrected chi connectivity index (χ4v) is 7.62. The van der Waals surface area contributed by atoms with Crippen molar-refractivity contribution in [3.63, 3.8) is 0 Å². The van der Waals surface area contributed by atoms with Gasteiger partial charge in [-0.25, -0.2) is 0 Å². The monoisotopic (exact) mass is 432 g/mol. The molecule has 1 aromatic carbocycles. The summed E-state index contributed by atoms with van der Waals surface area (Å²) in [4.78, 5) is 0. The van der Waals surface area contributed by atoms with Gasteiger partial charge in [0.1, 0.15) is 5.60 Å². The SMILES string of the molecule is CC#C[C@]1(O)CC[C@H]2[C@@H]3CCC4=CC(O)CCC4=C3[C@@H](c3ccc4c(c3)OCO4)C[C@@]21C. The maximum atomic E-state index is 11.7. The molecule has 0 radical (unpaired) electrons. The maximum Gasteiger partial charge on any atom is 0.231 e. The minimum absolute atomic E-state index is 0.216. The predicted molar refractivity (Wildman–Crippen MR) is 122 cm³/mol. The highest BCUT2D eigenvalue weighted by Crippen LogP contribution is 2.66.